The quantitative estimate of drug-likeness (QED) is 0.623. The lowest BCUT2D eigenvalue weighted by atomic mass is 10.2. The summed E-state index contributed by atoms with van der Waals surface area (Å²) in [6.45, 7) is -0.351. The number of hydrogen-bond acceptors (Lipinski definition) is 5. The van der Waals surface area contributed by atoms with Gasteiger partial charge in [0.15, 0.2) is 0 Å². The van der Waals surface area contributed by atoms with Crippen LogP contribution in [0.4, 0.5) is 0 Å². The molecule has 0 fully saturated rings. The summed E-state index contributed by atoms with van der Waals surface area (Å²) in [6, 6.07) is 3.17. The minimum atomic E-state index is -4.03. The fourth-order valence-corrected chi connectivity index (χ4v) is 3.29. The summed E-state index contributed by atoms with van der Waals surface area (Å²) >= 11 is 5.64. The third kappa shape index (κ3) is 4.93. The summed E-state index contributed by atoms with van der Waals surface area (Å²) in [5.74, 6) is -1.81. The first-order valence-electron chi connectivity index (χ1n) is 5.53. The van der Waals surface area contributed by atoms with Crippen LogP contribution in [0.2, 0.25) is 5.02 Å². The summed E-state index contributed by atoms with van der Waals surface area (Å²) in [5.41, 5.74) is -0.359. The molecule has 0 amide bonds. The van der Waals surface area contributed by atoms with Gasteiger partial charge in [-0.15, -0.1) is 0 Å². The van der Waals surface area contributed by atoms with Gasteiger partial charge in [-0.2, -0.15) is 0 Å². The third-order valence-electron chi connectivity index (χ3n) is 2.45. The van der Waals surface area contributed by atoms with E-state index < -0.39 is 31.8 Å². The van der Waals surface area contributed by atoms with Crippen LogP contribution in [-0.4, -0.2) is 47.3 Å². The van der Waals surface area contributed by atoms with Crippen LogP contribution in [0.15, 0.2) is 23.1 Å². The Labute approximate surface area is 127 Å². The van der Waals surface area contributed by atoms with Crippen LogP contribution in [0.5, 0.6) is 0 Å². The average molecular weight is 357 g/mol. The van der Waals surface area contributed by atoms with E-state index >= 15 is 0 Å². The number of rotatable bonds is 7. The van der Waals surface area contributed by atoms with E-state index in [4.69, 9.17) is 16.7 Å². The van der Waals surface area contributed by atoms with Crippen molar-refractivity contribution in [3.05, 3.63) is 28.8 Å². The van der Waals surface area contributed by atoms with E-state index in [1.807, 2.05) is 4.72 Å². The zero-order valence-electron chi connectivity index (χ0n) is 10.8. The number of sulfonamides is 2. The van der Waals surface area contributed by atoms with Gasteiger partial charge in [0.05, 0.1) is 21.2 Å². The molecule has 118 valence electrons. The monoisotopic (exact) mass is 356 g/mol. The highest BCUT2D eigenvalue weighted by Gasteiger charge is 2.19. The minimum Gasteiger partial charge on any atom is -0.478 e. The van der Waals surface area contributed by atoms with E-state index in [1.54, 1.807) is 0 Å². The van der Waals surface area contributed by atoms with E-state index in [2.05, 4.69) is 4.72 Å². The molecule has 1 rings (SSSR count). The second-order valence-corrected chi connectivity index (χ2v) is 8.09. The summed E-state index contributed by atoms with van der Waals surface area (Å²) < 4.78 is 50.3. The van der Waals surface area contributed by atoms with Crippen LogP contribution in [-0.2, 0) is 20.0 Å². The van der Waals surface area contributed by atoms with Crippen molar-refractivity contribution < 1.29 is 26.7 Å². The fraction of sp³-hybridized carbons (Fsp3) is 0.300. The van der Waals surface area contributed by atoms with Crippen LogP contribution >= 0.6 is 11.6 Å². The van der Waals surface area contributed by atoms with Crippen molar-refractivity contribution in [2.75, 3.05) is 19.3 Å². The number of nitrogens with one attached hydrogen (secondary N) is 2. The minimum absolute atomic E-state index is 0.0980. The Bertz CT molecular complexity index is 745. The van der Waals surface area contributed by atoms with Crippen molar-refractivity contribution >= 4 is 37.6 Å². The van der Waals surface area contributed by atoms with E-state index in [0.29, 0.717) is 0 Å². The molecule has 0 aliphatic rings. The molecular weight excluding hydrogens is 344 g/mol. The van der Waals surface area contributed by atoms with Crippen molar-refractivity contribution in [2.24, 2.45) is 0 Å². The van der Waals surface area contributed by atoms with Gasteiger partial charge in [-0.1, -0.05) is 11.6 Å². The molecule has 0 spiro atoms. The van der Waals surface area contributed by atoms with Gasteiger partial charge < -0.3 is 5.11 Å². The first-order valence-corrected chi connectivity index (χ1v) is 9.04. The molecule has 11 heteroatoms. The fourth-order valence-electron chi connectivity index (χ4n) is 1.33. The second-order valence-electron chi connectivity index (χ2n) is 3.87. The van der Waals surface area contributed by atoms with Crippen molar-refractivity contribution in [2.45, 2.75) is 4.90 Å². The molecular formula is C10H13ClN2O6S2. The molecule has 8 nitrogen and oxygen atoms in total. The van der Waals surface area contributed by atoms with Gasteiger partial charge in [-0.25, -0.2) is 31.1 Å². The lowest BCUT2D eigenvalue weighted by molar-refractivity contribution is 0.0697. The number of hydrogen-bond donors (Lipinski definition) is 3. The molecule has 0 heterocycles. The number of halogens is 1. The van der Waals surface area contributed by atoms with Crippen LogP contribution < -0.4 is 9.44 Å². The molecule has 0 unspecified atom stereocenters. The molecule has 0 bridgehead atoms. The predicted molar refractivity (Wildman–Crippen MR) is 76.4 cm³/mol. The standard InChI is InChI=1S/C10H13ClN2O6S2/c1-12-20(16,17)5-4-13-21(18,19)7-2-3-9(11)8(6-7)10(14)15/h2-3,6,12-13H,4-5H2,1H3,(H,14,15). The first-order chi connectivity index (χ1) is 9.59. The molecule has 0 atom stereocenters. The van der Waals surface area contributed by atoms with Gasteiger partial charge in [0, 0.05) is 6.54 Å². The van der Waals surface area contributed by atoms with Gasteiger partial charge >= 0.3 is 5.97 Å². The number of carboxylic acids is 1. The van der Waals surface area contributed by atoms with Crippen LogP contribution in [0, 0.1) is 0 Å². The molecule has 0 aliphatic carbocycles. The number of benzene rings is 1. The highest BCUT2D eigenvalue weighted by atomic mass is 35.5. The molecule has 0 saturated carbocycles. The maximum Gasteiger partial charge on any atom is 0.337 e. The Kier molecular flexibility index (Phi) is 5.70. The van der Waals surface area contributed by atoms with E-state index in [9.17, 15) is 21.6 Å². The molecule has 1 aromatic carbocycles. The Morgan fingerprint density at radius 1 is 1.29 bits per heavy atom. The average Bonchev–Trinajstić information content (AvgIpc) is 2.38. The molecule has 21 heavy (non-hydrogen) atoms. The van der Waals surface area contributed by atoms with Crippen molar-refractivity contribution in [3.63, 3.8) is 0 Å². The predicted octanol–water partition coefficient (Wildman–Crippen LogP) is -0.134. The molecule has 3 N–H and O–H groups in total. The summed E-state index contributed by atoms with van der Waals surface area (Å²) in [5, 5.41) is 8.79. The lowest BCUT2D eigenvalue weighted by Gasteiger charge is -2.08. The van der Waals surface area contributed by atoms with Crippen LogP contribution in [0.1, 0.15) is 10.4 Å². The maximum absolute atomic E-state index is 11.9. The maximum atomic E-state index is 11.9. The normalized spacial score (nSPS) is 12.3. The Balaban J connectivity index is 2.94. The molecule has 0 aromatic heterocycles. The third-order valence-corrected chi connectivity index (χ3v) is 5.60. The zero-order chi connectivity index (χ0) is 16.3. The van der Waals surface area contributed by atoms with Gasteiger partial charge in [-0.3, -0.25) is 0 Å². The molecule has 0 radical (unpaired) electrons. The highest BCUT2D eigenvalue weighted by Crippen LogP contribution is 2.20. The Hall–Kier alpha value is -1.20. The van der Waals surface area contributed by atoms with E-state index in [0.717, 1.165) is 18.2 Å². The number of carbonyl (C=O) groups is 1. The second kappa shape index (κ2) is 6.71. The zero-order valence-corrected chi connectivity index (χ0v) is 13.2. The Morgan fingerprint density at radius 3 is 2.43 bits per heavy atom. The summed E-state index contributed by atoms with van der Waals surface area (Å²) in [7, 11) is -6.36. The van der Waals surface area contributed by atoms with Crippen molar-refractivity contribution in [1.29, 1.82) is 0 Å². The van der Waals surface area contributed by atoms with Crippen molar-refractivity contribution in [3.8, 4) is 0 Å². The van der Waals surface area contributed by atoms with Crippen LogP contribution in [0.3, 0.4) is 0 Å². The number of aromatic carboxylic acids is 1. The van der Waals surface area contributed by atoms with Gasteiger partial charge in [-0.05, 0) is 25.2 Å². The largest absolute Gasteiger partial charge is 0.478 e. The lowest BCUT2D eigenvalue weighted by Crippen LogP contribution is -2.33. The smallest absolute Gasteiger partial charge is 0.337 e. The van der Waals surface area contributed by atoms with E-state index in [1.165, 1.54) is 7.05 Å². The molecule has 0 aliphatic heterocycles. The van der Waals surface area contributed by atoms with Gasteiger partial charge in [0.1, 0.15) is 0 Å². The Morgan fingerprint density at radius 2 is 1.90 bits per heavy atom. The summed E-state index contributed by atoms with van der Waals surface area (Å²) in [4.78, 5) is 10.6. The topological polar surface area (TPSA) is 130 Å². The summed E-state index contributed by atoms with van der Waals surface area (Å²) in [6.07, 6.45) is 0. The number of carboxylic acid groups (broad SMARTS) is 1. The first kappa shape index (κ1) is 17.9. The molecule has 0 saturated heterocycles. The van der Waals surface area contributed by atoms with Gasteiger partial charge in [0.2, 0.25) is 20.0 Å². The van der Waals surface area contributed by atoms with Gasteiger partial charge in [0.25, 0.3) is 0 Å². The molecule has 1 aromatic rings. The van der Waals surface area contributed by atoms with E-state index in [-0.39, 0.29) is 22.0 Å². The van der Waals surface area contributed by atoms with Crippen molar-refractivity contribution in [1.82, 2.24) is 9.44 Å². The van der Waals surface area contributed by atoms with Crippen LogP contribution in [0.25, 0.3) is 0 Å². The highest BCUT2D eigenvalue weighted by molar-refractivity contribution is 7.90. The SMILES string of the molecule is CNS(=O)(=O)CCNS(=O)(=O)c1ccc(Cl)c(C(=O)O)c1.